The number of hydrogen-bond donors (Lipinski definition) is 0. The first-order valence-electron chi connectivity index (χ1n) is 4.67. The van der Waals surface area contributed by atoms with Crippen molar-refractivity contribution in [2.75, 3.05) is 6.61 Å². The van der Waals surface area contributed by atoms with Crippen LogP contribution in [-0.4, -0.2) is 16.6 Å². The highest BCUT2D eigenvalue weighted by atomic mass is 16.5. The number of hydrogen-bond acceptors (Lipinski definition) is 4. The monoisotopic (exact) mass is 189 g/mol. The molecule has 1 aliphatic heterocycles. The Morgan fingerprint density at radius 3 is 3.07 bits per heavy atom. The number of nitrogens with zero attached hydrogens (tertiary/aromatic N) is 3. The van der Waals surface area contributed by atoms with Gasteiger partial charge in [-0.25, -0.2) is 9.97 Å². The highest BCUT2D eigenvalue weighted by Gasteiger charge is 2.19. The average molecular weight is 189 g/mol. The molecule has 1 saturated heterocycles. The zero-order chi connectivity index (χ0) is 9.97. The summed E-state index contributed by atoms with van der Waals surface area (Å²) in [5.74, 6) is 0.634. The fraction of sp³-hybridized carbons (Fsp3) is 0.500. The van der Waals surface area contributed by atoms with E-state index in [9.17, 15) is 0 Å². The second kappa shape index (κ2) is 3.72. The van der Waals surface area contributed by atoms with Crippen LogP contribution < -0.4 is 0 Å². The van der Waals surface area contributed by atoms with Crippen LogP contribution in [0.2, 0.25) is 0 Å². The highest BCUT2D eigenvalue weighted by Crippen LogP contribution is 2.27. The van der Waals surface area contributed by atoms with Crippen molar-refractivity contribution in [3.63, 3.8) is 0 Å². The molecule has 0 amide bonds. The Morgan fingerprint density at radius 1 is 1.57 bits per heavy atom. The average Bonchev–Trinajstić information content (AvgIpc) is 2.69. The molecule has 1 aromatic rings. The van der Waals surface area contributed by atoms with Gasteiger partial charge < -0.3 is 4.74 Å². The van der Waals surface area contributed by atoms with Gasteiger partial charge in [-0.05, 0) is 25.8 Å². The number of aromatic nitrogens is 2. The summed E-state index contributed by atoms with van der Waals surface area (Å²) in [5, 5.41) is 8.75. The van der Waals surface area contributed by atoms with Gasteiger partial charge in [-0.2, -0.15) is 5.26 Å². The van der Waals surface area contributed by atoms with Crippen LogP contribution in [0.15, 0.2) is 6.07 Å². The lowest BCUT2D eigenvalue weighted by Crippen LogP contribution is -2.03. The maximum Gasteiger partial charge on any atom is 0.144 e. The lowest BCUT2D eigenvalue weighted by molar-refractivity contribution is 0.108. The molecule has 1 unspecified atom stereocenters. The summed E-state index contributed by atoms with van der Waals surface area (Å²) in [7, 11) is 0. The fourth-order valence-corrected chi connectivity index (χ4v) is 1.62. The van der Waals surface area contributed by atoms with Crippen LogP contribution in [0.4, 0.5) is 0 Å². The minimum absolute atomic E-state index is 0.0591. The third kappa shape index (κ3) is 1.73. The predicted molar refractivity (Wildman–Crippen MR) is 49.4 cm³/mol. The molecule has 1 fully saturated rings. The maximum absolute atomic E-state index is 8.75. The molecule has 72 valence electrons. The van der Waals surface area contributed by atoms with E-state index in [2.05, 4.69) is 9.97 Å². The maximum atomic E-state index is 8.75. The van der Waals surface area contributed by atoms with Gasteiger partial charge in [0.1, 0.15) is 17.6 Å². The Kier molecular flexibility index (Phi) is 2.42. The first kappa shape index (κ1) is 9.10. The Balaban J connectivity index is 2.33. The molecule has 0 aliphatic carbocycles. The first-order chi connectivity index (χ1) is 6.79. The third-order valence-electron chi connectivity index (χ3n) is 2.23. The molecule has 0 aromatic carbocycles. The highest BCUT2D eigenvalue weighted by molar-refractivity contribution is 5.24. The summed E-state index contributed by atoms with van der Waals surface area (Å²) in [6.45, 7) is 2.58. The molecule has 14 heavy (non-hydrogen) atoms. The van der Waals surface area contributed by atoms with Crippen molar-refractivity contribution in [3.8, 4) is 6.07 Å². The van der Waals surface area contributed by atoms with Gasteiger partial charge in [-0.15, -0.1) is 0 Å². The van der Waals surface area contributed by atoms with Gasteiger partial charge in [0, 0.05) is 6.61 Å². The van der Waals surface area contributed by atoms with E-state index in [-0.39, 0.29) is 6.10 Å². The molecule has 4 heteroatoms. The van der Waals surface area contributed by atoms with Crippen LogP contribution in [0.25, 0.3) is 0 Å². The Morgan fingerprint density at radius 2 is 2.43 bits per heavy atom. The number of ether oxygens (including phenoxy) is 1. The molecular weight excluding hydrogens is 178 g/mol. The lowest BCUT2D eigenvalue weighted by atomic mass is 10.1. The van der Waals surface area contributed by atoms with Crippen LogP contribution in [-0.2, 0) is 4.74 Å². The molecule has 4 nitrogen and oxygen atoms in total. The molecule has 2 rings (SSSR count). The predicted octanol–water partition coefficient (Wildman–Crippen LogP) is 1.51. The third-order valence-corrected chi connectivity index (χ3v) is 2.23. The van der Waals surface area contributed by atoms with E-state index in [1.165, 1.54) is 0 Å². The van der Waals surface area contributed by atoms with Gasteiger partial charge in [-0.1, -0.05) is 0 Å². The van der Waals surface area contributed by atoms with Crippen molar-refractivity contribution in [3.05, 3.63) is 23.3 Å². The molecule has 1 aliphatic rings. The SMILES string of the molecule is Cc1nc(C#N)cc(C2CCCO2)n1. The molecular formula is C10H11N3O. The molecule has 1 atom stereocenters. The van der Waals surface area contributed by atoms with Crippen LogP contribution in [0.1, 0.15) is 36.2 Å². The van der Waals surface area contributed by atoms with Crippen LogP contribution in [0, 0.1) is 18.3 Å². The molecule has 1 aromatic heterocycles. The molecule has 0 bridgehead atoms. The Labute approximate surface area is 82.6 Å². The number of aryl methyl sites for hydroxylation is 1. The summed E-state index contributed by atoms with van der Waals surface area (Å²) in [5.41, 5.74) is 1.26. The van der Waals surface area contributed by atoms with E-state index in [1.807, 2.05) is 6.07 Å². The van der Waals surface area contributed by atoms with E-state index >= 15 is 0 Å². The van der Waals surface area contributed by atoms with E-state index in [0.717, 1.165) is 25.1 Å². The van der Waals surface area contributed by atoms with Gasteiger partial charge in [-0.3, -0.25) is 0 Å². The molecule has 0 spiro atoms. The van der Waals surface area contributed by atoms with Gasteiger partial charge in [0.05, 0.1) is 11.8 Å². The molecule has 0 radical (unpaired) electrons. The second-order valence-electron chi connectivity index (χ2n) is 3.34. The standard InChI is InChI=1S/C10H11N3O/c1-7-12-8(6-11)5-9(13-7)10-3-2-4-14-10/h5,10H,2-4H2,1H3. The fourth-order valence-electron chi connectivity index (χ4n) is 1.62. The van der Waals surface area contributed by atoms with Gasteiger partial charge in [0.15, 0.2) is 0 Å². The van der Waals surface area contributed by atoms with Crippen molar-refractivity contribution in [2.24, 2.45) is 0 Å². The normalized spacial score (nSPS) is 20.7. The topological polar surface area (TPSA) is 58.8 Å². The number of rotatable bonds is 1. The summed E-state index contributed by atoms with van der Waals surface area (Å²) < 4.78 is 5.49. The first-order valence-corrected chi connectivity index (χ1v) is 4.67. The van der Waals surface area contributed by atoms with Crippen molar-refractivity contribution >= 4 is 0 Å². The van der Waals surface area contributed by atoms with Crippen molar-refractivity contribution in [1.29, 1.82) is 5.26 Å². The Bertz CT molecular complexity index is 377. The number of nitriles is 1. The van der Waals surface area contributed by atoms with E-state index in [0.29, 0.717) is 11.5 Å². The minimum Gasteiger partial charge on any atom is -0.372 e. The second-order valence-corrected chi connectivity index (χ2v) is 3.34. The van der Waals surface area contributed by atoms with Crippen molar-refractivity contribution in [1.82, 2.24) is 9.97 Å². The smallest absolute Gasteiger partial charge is 0.144 e. The summed E-state index contributed by atoms with van der Waals surface area (Å²) in [6.07, 6.45) is 2.11. The van der Waals surface area contributed by atoms with Gasteiger partial charge >= 0.3 is 0 Å². The molecule has 0 N–H and O–H groups in total. The molecule has 2 heterocycles. The van der Waals surface area contributed by atoms with Crippen molar-refractivity contribution in [2.45, 2.75) is 25.9 Å². The largest absolute Gasteiger partial charge is 0.372 e. The van der Waals surface area contributed by atoms with E-state index in [1.54, 1.807) is 13.0 Å². The minimum atomic E-state index is 0.0591. The summed E-state index contributed by atoms with van der Waals surface area (Å²) in [6, 6.07) is 3.74. The van der Waals surface area contributed by atoms with Crippen molar-refractivity contribution < 1.29 is 4.74 Å². The van der Waals surface area contributed by atoms with E-state index in [4.69, 9.17) is 10.00 Å². The van der Waals surface area contributed by atoms with E-state index < -0.39 is 0 Å². The van der Waals surface area contributed by atoms with Gasteiger partial charge in [0.2, 0.25) is 0 Å². The lowest BCUT2D eigenvalue weighted by Gasteiger charge is -2.08. The van der Waals surface area contributed by atoms with Crippen LogP contribution in [0.3, 0.4) is 0 Å². The zero-order valence-corrected chi connectivity index (χ0v) is 8.03. The van der Waals surface area contributed by atoms with Crippen LogP contribution >= 0.6 is 0 Å². The summed E-state index contributed by atoms with van der Waals surface area (Å²) in [4.78, 5) is 8.27. The van der Waals surface area contributed by atoms with Crippen LogP contribution in [0.5, 0.6) is 0 Å². The Hall–Kier alpha value is -1.47. The zero-order valence-electron chi connectivity index (χ0n) is 8.03. The van der Waals surface area contributed by atoms with Gasteiger partial charge in [0.25, 0.3) is 0 Å². The molecule has 0 saturated carbocycles. The summed E-state index contributed by atoms with van der Waals surface area (Å²) >= 11 is 0. The quantitative estimate of drug-likeness (QED) is 0.671.